The van der Waals surface area contributed by atoms with Gasteiger partial charge in [-0.2, -0.15) is 5.10 Å². The van der Waals surface area contributed by atoms with E-state index in [9.17, 15) is 4.79 Å². The molecule has 0 N–H and O–H groups in total. The van der Waals surface area contributed by atoms with Crippen LogP contribution < -0.4 is 4.74 Å². The van der Waals surface area contributed by atoms with E-state index in [2.05, 4.69) is 0 Å². The molecule has 0 spiro atoms. The molecule has 30 heavy (non-hydrogen) atoms. The van der Waals surface area contributed by atoms with Gasteiger partial charge in [-0.3, -0.25) is 4.79 Å². The third-order valence-electron chi connectivity index (χ3n) is 5.13. The van der Waals surface area contributed by atoms with Gasteiger partial charge in [0, 0.05) is 30.3 Å². The van der Waals surface area contributed by atoms with Crippen LogP contribution in [0, 0.1) is 0 Å². The molecule has 0 aliphatic rings. The molecule has 2 aromatic carbocycles. The monoisotopic (exact) mass is 400 g/mol. The van der Waals surface area contributed by atoms with Crippen molar-refractivity contribution in [1.82, 2.24) is 19.5 Å². The molecule has 0 aliphatic heterocycles. The molecule has 6 nitrogen and oxygen atoms in total. The Balaban J connectivity index is 1.92. The maximum Gasteiger partial charge on any atom is 0.272 e. The minimum absolute atomic E-state index is 0.0701. The van der Waals surface area contributed by atoms with Crippen LogP contribution in [-0.4, -0.2) is 45.6 Å². The van der Waals surface area contributed by atoms with Crippen LogP contribution in [0.15, 0.2) is 66.7 Å². The third kappa shape index (κ3) is 3.64. The number of benzene rings is 2. The second-order valence-electron chi connectivity index (χ2n) is 6.90. The summed E-state index contributed by atoms with van der Waals surface area (Å²) in [6.07, 6.45) is 0. The quantitative estimate of drug-likeness (QED) is 0.476. The Kier molecular flexibility index (Phi) is 5.48. The van der Waals surface area contributed by atoms with E-state index >= 15 is 0 Å². The van der Waals surface area contributed by atoms with Crippen molar-refractivity contribution in [3.05, 3.63) is 72.4 Å². The van der Waals surface area contributed by atoms with Crippen molar-refractivity contribution >= 4 is 11.6 Å². The van der Waals surface area contributed by atoms with Crippen LogP contribution >= 0.6 is 0 Å². The summed E-state index contributed by atoms with van der Waals surface area (Å²) in [6, 6.07) is 21.3. The second-order valence-corrected chi connectivity index (χ2v) is 6.90. The van der Waals surface area contributed by atoms with Gasteiger partial charge in [-0.1, -0.05) is 42.5 Å². The van der Waals surface area contributed by atoms with Crippen molar-refractivity contribution in [1.29, 1.82) is 0 Å². The van der Waals surface area contributed by atoms with E-state index in [0.717, 1.165) is 22.6 Å². The Morgan fingerprint density at radius 1 is 0.933 bits per heavy atom. The van der Waals surface area contributed by atoms with Gasteiger partial charge in [-0.25, -0.2) is 9.50 Å². The van der Waals surface area contributed by atoms with E-state index in [4.69, 9.17) is 14.8 Å². The van der Waals surface area contributed by atoms with Gasteiger partial charge in [0.1, 0.15) is 11.4 Å². The average molecular weight is 400 g/mol. The molecule has 0 saturated heterocycles. The lowest BCUT2D eigenvalue weighted by atomic mass is 10.1. The highest BCUT2D eigenvalue weighted by Gasteiger charge is 2.20. The van der Waals surface area contributed by atoms with Crippen LogP contribution in [0.3, 0.4) is 0 Å². The average Bonchev–Trinajstić information content (AvgIpc) is 3.24. The van der Waals surface area contributed by atoms with Gasteiger partial charge < -0.3 is 9.64 Å². The van der Waals surface area contributed by atoms with Crippen molar-refractivity contribution in [2.24, 2.45) is 0 Å². The number of hydrogen-bond donors (Lipinski definition) is 0. The van der Waals surface area contributed by atoms with Crippen LogP contribution in [0.5, 0.6) is 5.75 Å². The summed E-state index contributed by atoms with van der Waals surface area (Å²) in [5.41, 5.74) is 4.46. The van der Waals surface area contributed by atoms with E-state index in [1.807, 2.05) is 80.6 Å². The molecule has 0 radical (unpaired) electrons. The Morgan fingerprint density at radius 3 is 2.37 bits per heavy atom. The Morgan fingerprint density at radius 2 is 1.67 bits per heavy atom. The fraction of sp³-hybridized carbons (Fsp3) is 0.208. The molecule has 0 bridgehead atoms. The molecule has 152 valence electrons. The van der Waals surface area contributed by atoms with Crippen molar-refractivity contribution < 1.29 is 9.53 Å². The van der Waals surface area contributed by atoms with Gasteiger partial charge >= 0.3 is 0 Å². The van der Waals surface area contributed by atoms with Crippen molar-refractivity contribution in [3.63, 3.8) is 0 Å². The zero-order valence-corrected chi connectivity index (χ0v) is 17.4. The fourth-order valence-corrected chi connectivity index (χ4v) is 3.48. The maximum atomic E-state index is 13.3. The van der Waals surface area contributed by atoms with Crippen molar-refractivity contribution in [2.75, 3.05) is 20.2 Å². The molecular weight excluding hydrogens is 376 g/mol. The van der Waals surface area contributed by atoms with E-state index in [-0.39, 0.29) is 5.91 Å². The van der Waals surface area contributed by atoms with Gasteiger partial charge in [0.2, 0.25) is 0 Å². The molecule has 4 aromatic rings. The lowest BCUT2D eigenvalue weighted by molar-refractivity contribution is 0.0764. The first-order valence-electron chi connectivity index (χ1n) is 10.0. The number of nitrogens with zero attached hydrogens (tertiary/aromatic N) is 4. The summed E-state index contributed by atoms with van der Waals surface area (Å²) < 4.78 is 7.00. The summed E-state index contributed by atoms with van der Waals surface area (Å²) in [7, 11) is 1.63. The van der Waals surface area contributed by atoms with E-state index in [1.54, 1.807) is 16.5 Å². The Labute approximate surface area is 175 Å². The number of methoxy groups -OCH3 is 1. The number of ether oxygens (including phenoxy) is 1. The van der Waals surface area contributed by atoms with Crippen LogP contribution in [0.1, 0.15) is 24.3 Å². The molecule has 0 saturated carbocycles. The first-order valence-corrected chi connectivity index (χ1v) is 10.0. The van der Waals surface area contributed by atoms with Gasteiger partial charge in [0.15, 0.2) is 5.65 Å². The maximum absolute atomic E-state index is 13.3. The third-order valence-corrected chi connectivity index (χ3v) is 5.13. The smallest absolute Gasteiger partial charge is 0.272 e. The van der Waals surface area contributed by atoms with Crippen LogP contribution in [-0.2, 0) is 0 Å². The molecule has 0 atom stereocenters. The highest BCUT2D eigenvalue weighted by molar-refractivity contribution is 5.94. The molecule has 2 aromatic heterocycles. The predicted molar refractivity (Wildman–Crippen MR) is 118 cm³/mol. The minimum Gasteiger partial charge on any atom is -0.497 e. The molecule has 6 heteroatoms. The highest BCUT2D eigenvalue weighted by atomic mass is 16.5. The van der Waals surface area contributed by atoms with Gasteiger partial charge in [-0.15, -0.1) is 0 Å². The first-order chi connectivity index (χ1) is 14.6. The van der Waals surface area contributed by atoms with Crippen LogP contribution in [0.25, 0.3) is 28.2 Å². The first kappa shape index (κ1) is 19.6. The zero-order valence-electron chi connectivity index (χ0n) is 17.4. The largest absolute Gasteiger partial charge is 0.497 e. The van der Waals surface area contributed by atoms with Crippen LogP contribution in [0.4, 0.5) is 0 Å². The molecule has 4 rings (SSSR count). The molecule has 0 aliphatic carbocycles. The normalized spacial score (nSPS) is 10.9. The fourth-order valence-electron chi connectivity index (χ4n) is 3.48. The number of amides is 1. The summed E-state index contributed by atoms with van der Waals surface area (Å²) in [4.78, 5) is 19.9. The Hall–Kier alpha value is -3.67. The summed E-state index contributed by atoms with van der Waals surface area (Å²) in [5, 5.41) is 4.71. The molecule has 1 amide bonds. The van der Waals surface area contributed by atoms with Gasteiger partial charge in [-0.05, 0) is 32.0 Å². The molecule has 2 heterocycles. The van der Waals surface area contributed by atoms with Crippen molar-refractivity contribution in [3.8, 4) is 28.3 Å². The Bertz CT molecular complexity index is 1180. The molecular formula is C24H24N4O2. The number of fused-ring (bicyclic) bond motifs is 1. The van der Waals surface area contributed by atoms with Crippen molar-refractivity contribution in [2.45, 2.75) is 13.8 Å². The number of carbonyl (C=O) groups excluding carboxylic acids is 1. The number of aromatic nitrogens is 3. The molecule has 0 fully saturated rings. The van der Waals surface area contributed by atoms with Crippen LogP contribution in [0.2, 0.25) is 0 Å². The van der Waals surface area contributed by atoms with E-state index in [1.165, 1.54) is 0 Å². The predicted octanol–water partition coefficient (Wildman–Crippen LogP) is 4.55. The van der Waals surface area contributed by atoms with Gasteiger partial charge in [0.05, 0.1) is 18.5 Å². The topological polar surface area (TPSA) is 59.7 Å². The lowest BCUT2D eigenvalue weighted by Crippen LogP contribution is -2.32. The molecule has 0 unspecified atom stereocenters. The second kappa shape index (κ2) is 8.37. The minimum atomic E-state index is -0.0701. The highest BCUT2D eigenvalue weighted by Crippen LogP contribution is 2.26. The lowest BCUT2D eigenvalue weighted by Gasteiger charge is -2.19. The zero-order chi connectivity index (χ0) is 21.1. The number of hydrogen-bond acceptors (Lipinski definition) is 4. The SMILES string of the molecule is CCN(CC)C(=O)c1cc(-c2cccc(OC)c2)nc2cc(-c3ccccc3)nn12. The van der Waals surface area contributed by atoms with E-state index in [0.29, 0.717) is 30.1 Å². The summed E-state index contributed by atoms with van der Waals surface area (Å²) >= 11 is 0. The number of carbonyl (C=O) groups is 1. The summed E-state index contributed by atoms with van der Waals surface area (Å²) in [6.45, 7) is 5.20. The standard InChI is InChI=1S/C24H24N4O2/c1-4-27(5-2)24(29)22-15-20(18-12-9-13-19(14-18)30-3)25-23-16-21(26-28(22)23)17-10-7-6-8-11-17/h6-16H,4-5H2,1-3H3. The van der Waals surface area contributed by atoms with Gasteiger partial charge in [0.25, 0.3) is 5.91 Å². The number of rotatable bonds is 6. The van der Waals surface area contributed by atoms with E-state index < -0.39 is 0 Å². The summed E-state index contributed by atoms with van der Waals surface area (Å²) in [5.74, 6) is 0.670.